The normalized spacial score (nSPS) is 11.3. The van der Waals surface area contributed by atoms with E-state index in [9.17, 15) is 8.42 Å². The van der Waals surface area contributed by atoms with E-state index in [2.05, 4.69) is 10.3 Å². The Morgan fingerprint density at radius 2 is 1.60 bits per heavy atom. The molecule has 0 bridgehead atoms. The lowest BCUT2D eigenvalue weighted by Gasteiger charge is -2.07. The predicted octanol–water partition coefficient (Wildman–Crippen LogP) is 5.58. The lowest BCUT2D eigenvalue weighted by molar-refractivity contribution is 0.415. The molecule has 1 N–H and O–H groups in total. The minimum atomic E-state index is -3.92. The summed E-state index contributed by atoms with van der Waals surface area (Å²) in [5.74, 6) is 0.864. The average Bonchev–Trinajstić information content (AvgIpc) is 3.20. The van der Waals surface area contributed by atoms with Gasteiger partial charge in [0.2, 0.25) is 26.6 Å². The van der Waals surface area contributed by atoms with Crippen molar-refractivity contribution in [3.05, 3.63) is 83.9 Å². The summed E-state index contributed by atoms with van der Waals surface area (Å²) in [6, 6.07) is 21.9. The number of methoxy groups -OCH3 is 1. The second-order valence-electron chi connectivity index (χ2n) is 6.33. The molecule has 0 aliphatic rings. The number of oxazole rings is 1. The maximum absolute atomic E-state index is 13.2. The second-order valence-corrected chi connectivity index (χ2v) is 8.63. The zero-order chi connectivity index (χ0) is 21.1. The summed E-state index contributed by atoms with van der Waals surface area (Å²) < 4.78 is 37.5. The standard InChI is InChI=1S/C22H17ClN2O4S/c1-28-18-13-11-17(12-14-18)24-21-22(30(26,27)19-5-3-2-4-6-19)25-20(29-21)15-7-9-16(23)10-8-15/h2-14,24H,1H3. The van der Waals surface area contributed by atoms with E-state index in [-0.39, 0.29) is 21.7 Å². The summed E-state index contributed by atoms with van der Waals surface area (Å²) in [6.07, 6.45) is 0. The van der Waals surface area contributed by atoms with E-state index in [1.807, 2.05) is 0 Å². The number of hydrogen-bond donors (Lipinski definition) is 1. The number of anilines is 2. The van der Waals surface area contributed by atoms with Crippen LogP contribution in [-0.2, 0) is 9.84 Å². The van der Waals surface area contributed by atoms with Gasteiger partial charge in [-0.2, -0.15) is 4.98 Å². The quantitative estimate of drug-likeness (QED) is 0.421. The molecule has 30 heavy (non-hydrogen) atoms. The van der Waals surface area contributed by atoms with Gasteiger partial charge in [0, 0.05) is 16.3 Å². The first-order chi connectivity index (χ1) is 14.5. The van der Waals surface area contributed by atoms with Crippen LogP contribution in [-0.4, -0.2) is 20.5 Å². The van der Waals surface area contributed by atoms with Gasteiger partial charge in [-0.05, 0) is 60.7 Å². The van der Waals surface area contributed by atoms with E-state index in [4.69, 9.17) is 20.8 Å². The number of ether oxygens (including phenoxy) is 1. The molecule has 1 aromatic heterocycles. The highest BCUT2D eigenvalue weighted by Crippen LogP contribution is 2.34. The molecule has 3 aromatic carbocycles. The predicted molar refractivity (Wildman–Crippen MR) is 115 cm³/mol. The first kappa shape index (κ1) is 20.0. The van der Waals surface area contributed by atoms with Crippen LogP contribution in [0.3, 0.4) is 0 Å². The van der Waals surface area contributed by atoms with Crippen LogP contribution < -0.4 is 10.1 Å². The molecule has 0 atom stereocenters. The Hall–Kier alpha value is -3.29. The Bertz CT molecular complexity index is 1250. The number of benzene rings is 3. The van der Waals surface area contributed by atoms with Crippen LogP contribution >= 0.6 is 11.6 Å². The molecule has 0 fully saturated rings. The molecule has 4 aromatic rings. The molecule has 0 amide bonds. The third-order valence-electron chi connectivity index (χ3n) is 4.34. The lowest BCUT2D eigenvalue weighted by atomic mass is 10.2. The Morgan fingerprint density at radius 1 is 0.933 bits per heavy atom. The summed E-state index contributed by atoms with van der Waals surface area (Å²) in [7, 11) is -2.34. The number of rotatable bonds is 6. The fraction of sp³-hybridized carbons (Fsp3) is 0.0455. The Kier molecular flexibility index (Phi) is 5.48. The largest absolute Gasteiger partial charge is 0.497 e. The maximum Gasteiger partial charge on any atom is 0.238 e. The number of nitrogens with zero attached hydrogens (tertiary/aromatic N) is 1. The van der Waals surface area contributed by atoms with Gasteiger partial charge in [0.15, 0.2) is 0 Å². The number of sulfone groups is 1. The molecular weight excluding hydrogens is 424 g/mol. The van der Waals surface area contributed by atoms with Gasteiger partial charge in [0.05, 0.1) is 12.0 Å². The molecular formula is C22H17ClN2O4S. The molecule has 0 aliphatic carbocycles. The number of aromatic nitrogens is 1. The van der Waals surface area contributed by atoms with Crippen LogP contribution in [0.4, 0.5) is 11.6 Å². The highest BCUT2D eigenvalue weighted by atomic mass is 35.5. The van der Waals surface area contributed by atoms with Gasteiger partial charge in [0.25, 0.3) is 0 Å². The van der Waals surface area contributed by atoms with Crippen molar-refractivity contribution in [3.8, 4) is 17.2 Å². The van der Waals surface area contributed by atoms with Gasteiger partial charge < -0.3 is 14.5 Å². The smallest absolute Gasteiger partial charge is 0.238 e. The fourth-order valence-corrected chi connectivity index (χ4v) is 4.20. The average molecular weight is 441 g/mol. The van der Waals surface area contributed by atoms with Crippen LogP contribution in [0.25, 0.3) is 11.5 Å². The fourth-order valence-electron chi connectivity index (χ4n) is 2.80. The highest BCUT2D eigenvalue weighted by Gasteiger charge is 2.28. The van der Waals surface area contributed by atoms with Crippen LogP contribution in [0.5, 0.6) is 5.75 Å². The van der Waals surface area contributed by atoms with Crippen LogP contribution in [0, 0.1) is 0 Å². The molecule has 0 unspecified atom stereocenters. The van der Waals surface area contributed by atoms with Crippen molar-refractivity contribution in [2.24, 2.45) is 0 Å². The molecule has 0 radical (unpaired) electrons. The summed E-state index contributed by atoms with van der Waals surface area (Å²) in [4.78, 5) is 4.43. The second kappa shape index (κ2) is 8.22. The summed E-state index contributed by atoms with van der Waals surface area (Å²) in [6.45, 7) is 0. The van der Waals surface area contributed by atoms with Gasteiger partial charge in [-0.15, -0.1) is 0 Å². The van der Waals surface area contributed by atoms with Crippen molar-refractivity contribution in [2.75, 3.05) is 12.4 Å². The van der Waals surface area contributed by atoms with Crippen molar-refractivity contribution < 1.29 is 17.6 Å². The lowest BCUT2D eigenvalue weighted by Crippen LogP contribution is -2.05. The first-order valence-corrected chi connectivity index (χ1v) is 10.8. The van der Waals surface area contributed by atoms with E-state index in [0.29, 0.717) is 22.0 Å². The van der Waals surface area contributed by atoms with E-state index in [1.54, 1.807) is 73.8 Å². The van der Waals surface area contributed by atoms with Crippen molar-refractivity contribution in [1.29, 1.82) is 0 Å². The zero-order valence-electron chi connectivity index (χ0n) is 15.9. The van der Waals surface area contributed by atoms with Crippen LogP contribution in [0.2, 0.25) is 5.02 Å². The Morgan fingerprint density at radius 3 is 2.23 bits per heavy atom. The van der Waals surface area contributed by atoms with E-state index < -0.39 is 9.84 Å². The van der Waals surface area contributed by atoms with Gasteiger partial charge in [-0.3, -0.25) is 0 Å². The Labute approximate surface area is 179 Å². The van der Waals surface area contributed by atoms with Crippen molar-refractivity contribution in [3.63, 3.8) is 0 Å². The first-order valence-electron chi connectivity index (χ1n) is 8.95. The van der Waals surface area contributed by atoms with E-state index in [1.165, 1.54) is 12.1 Å². The number of halogens is 1. The van der Waals surface area contributed by atoms with Gasteiger partial charge >= 0.3 is 0 Å². The molecule has 0 spiro atoms. The maximum atomic E-state index is 13.2. The monoisotopic (exact) mass is 440 g/mol. The van der Waals surface area contributed by atoms with Crippen molar-refractivity contribution in [1.82, 2.24) is 4.98 Å². The number of hydrogen-bond acceptors (Lipinski definition) is 6. The van der Waals surface area contributed by atoms with E-state index in [0.717, 1.165) is 0 Å². The van der Waals surface area contributed by atoms with Gasteiger partial charge in [-0.25, -0.2) is 8.42 Å². The minimum absolute atomic E-state index is 0.0222. The van der Waals surface area contributed by atoms with Crippen LogP contribution in [0.1, 0.15) is 0 Å². The van der Waals surface area contributed by atoms with Crippen molar-refractivity contribution in [2.45, 2.75) is 9.92 Å². The number of nitrogens with one attached hydrogen (secondary N) is 1. The van der Waals surface area contributed by atoms with E-state index >= 15 is 0 Å². The van der Waals surface area contributed by atoms with Crippen LogP contribution in [0.15, 0.2) is 93.2 Å². The molecule has 4 rings (SSSR count). The molecule has 1 heterocycles. The Balaban J connectivity index is 1.81. The highest BCUT2D eigenvalue weighted by molar-refractivity contribution is 7.91. The SMILES string of the molecule is COc1ccc(Nc2oc(-c3ccc(Cl)cc3)nc2S(=O)(=O)c2ccccc2)cc1. The minimum Gasteiger partial charge on any atom is -0.497 e. The topological polar surface area (TPSA) is 81.4 Å². The van der Waals surface area contributed by atoms with Gasteiger partial charge in [0.1, 0.15) is 5.75 Å². The zero-order valence-corrected chi connectivity index (χ0v) is 17.4. The summed E-state index contributed by atoms with van der Waals surface area (Å²) in [5.41, 5.74) is 1.23. The summed E-state index contributed by atoms with van der Waals surface area (Å²) in [5, 5.41) is 3.37. The molecule has 0 saturated heterocycles. The van der Waals surface area contributed by atoms with Crippen molar-refractivity contribution >= 4 is 33.0 Å². The third kappa shape index (κ3) is 4.03. The summed E-state index contributed by atoms with van der Waals surface area (Å²) >= 11 is 5.95. The molecule has 8 heteroatoms. The third-order valence-corrected chi connectivity index (χ3v) is 6.27. The molecule has 152 valence electrons. The van der Waals surface area contributed by atoms with Gasteiger partial charge in [-0.1, -0.05) is 29.8 Å². The molecule has 6 nitrogen and oxygen atoms in total. The molecule has 0 saturated carbocycles. The molecule has 0 aliphatic heterocycles.